The Kier molecular flexibility index (Phi) is 6.70. The average molecular weight is 331 g/mol. The minimum Gasteiger partial charge on any atom is -0.494 e. The minimum atomic E-state index is -3.35. The number of methoxy groups -OCH3 is 1. The number of hydrogen-bond donors (Lipinski definition) is 3. The van der Waals surface area contributed by atoms with Gasteiger partial charge in [-0.3, -0.25) is 4.72 Å². The largest absolute Gasteiger partial charge is 0.494 e. The van der Waals surface area contributed by atoms with Crippen LogP contribution in [-0.4, -0.2) is 33.4 Å². The lowest BCUT2D eigenvalue weighted by atomic mass is 10.2. The van der Waals surface area contributed by atoms with E-state index >= 15 is 0 Å². The monoisotopic (exact) mass is 331 g/mol. The molecule has 8 heteroatoms. The van der Waals surface area contributed by atoms with Crippen LogP contribution in [0.25, 0.3) is 0 Å². The van der Waals surface area contributed by atoms with Gasteiger partial charge in [-0.15, -0.1) is 0 Å². The van der Waals surface area contributed by atoms with Crippen LogP contribution in [0.2, 0.25) is 0 Å². The molecule has 6 nitrogen and oxygen atoms in total. The second-order valence-corrected chi connectivity index (χ2v) is 6.68. The molecule has 21 heavy (non-hydrogen) atoms. The highest BCUT2D eigenvalue weighted by Gasteiger charge is 2.09. The highest BCUT2D eigenvalue weighted by Crippen LogP contribution is 2.28. The van der Waals surface area contributed by atoms with Crippen molar-refractivity contribution in [2.24, 2.45) is 0 Å². The molecule has 0 bridgehead atoms. The van der Waals surface area contributed by atoms with Gasteiger partial charge in [0.1, 0.15) is 5.75 Å². The Bertz CT molecular complexity index is 588. The zero-order chi connectivity index (χ0) is 15.9. The third-order valence-corrected chi connectivity index (χ3v) is 3.41. The Morgan fingerprint density at radius 1 is 1.38 bits per heavy atom. The van der Waals surface area contributed by atoms with Crippen LogP contribution in [0.1, 0.15) is 19.8 Å². The summed E-state index contributed by atoms with van der Waals surface area (Å²) in [5.41, 5.74) is 1.11. The van der Waals surface area contributed by atoms with Gasteiger partial charge in [-0.05, 0) is 30.8 Å². The van der Waals surface area contributed by atoms with E-state index in [1.807, 2.05) is 0 Å². The molecule has 1 aromatic rings. The van der Waals surface area contributed by atoms with Gasteiger partial charge < -0.3 is 15.4 Å². The van der Waals surface area contributed by atoms with Crippen molar-refractivity contribution in [3.8, 4) is 5.75 Å². The first-order valence-corrected chi connectivity index (χ1v) is 8.86. The van der Waals surface area contributed by atoms with E-state index in [9.17, 15) is 8.42 Å². The smallest absolute Gasteiger partial charge is 0.229 e. The molecule has 0 heterocycles. The molecule has 0 aromatic heterocycles. The molecule has 0 saturated carbocycles. The number of ether oxygens (including phenoxy) is 1. The van der Waals surface area contributed by atoms with Gasteiger partial charge in [0.05, 0.1) is 19.1 Å². The molecular weight excluding hydrogens is 310 g/mol. The number of rotatable bonds is 7. The lowest BCUT2D eigenvalue weighted by Crippen LogP contribution is -2.29. The fourth-order valence-electron chi connectivity index (χ4n) is 1.61. The summed E-state index contributed by atoms with van der Waals surface area (Å²) in [6, 6.07) is 5.03. The predicted molar refractivity (Wildman–Crippen MR) is 90.6 cm³/mol. The van der Waals surface area contributed by atoms with Gasteiger partial charge in [0, 0.05) is 18.3 Å². The normalized spacial score (nSPS) is 10.8. The number of thiocarbonyl (C=S) groups is 1. The fraction of sp³-hybridized carbons (Fsp3) is 0.462. The molecule has 0 spiro atoms. The van der Waals surface area contributed by atoms with E-state index < -0.39 is 10.0 Å². The fourth-order valence-corrected chi connectivity index (χ4v) is 2.40. The van der Waals surface area contributed by atoms with Crippen LogP contribution in [-0.2, 0) is 10.0 Å². The lowest BCUT2D eigenvalue weighted by Gasteiger charge is -2.14. The highest BCUT2D eigenvalue weighted by atomic mass is 32.2. The standard InChI is InChI=1S/C13H21N3O3S2/c1-4-5-8-14-13(20)15-10-6-7-11(12(9-10)19-2)16-21(3,17)18/h6-7,9,16H,4-5,8H2,1-3H3,(H2,14,15,20). The molecule has 3 N–H and O–H groups in total. The third-order valence-electron chi connectivity index (χ3n) is 2.57. The van der Waals surface area contributed by atoms with Gasteiger partial charge >= 0.3 is 0 Å². The second kappa shape index (κ2) is 8.04. The number of sulfonamides is 1. The number of nitrogens with one attached hydrogen (secondary N) is 3. The summed E-state index contributed by atoms with van der Waals surface area (Å²) < 4.78 is 30.1. The molecule has 0 amide bonds. The number of benzene rings is 1. The summed E-state index contributed by atoms with van der Waals surface area (Å²) in [6.45, 7) is 2.92. The molecule has 118 valence electrons. The first kappa shape index (κ1) is 17.5. The summed E-state index contributed by atoms with van der Waals surface area (Å²) in [7, 11) is -1.87. The summed E-state index contributed by atoms with van der Waals surface area (Å²) in [5.74, 6) is 0.418. The van der Waals surface area contributed by atoms with Crippen LogP contribution in [0, 0.1) is 0 Å². The van der Waals surface area contributed by atoms with E-state index in [0.29, 0.717) is 16.5 Å². The van der Waals surface area contributed by atoms with Crippen LogP contribution >= 0.6 is 12.2 Å². The van der Waals surface area contributed by atoms with Crippen LogP contribution < -0.4 is 20.1 Å². The zero-order valence-corrected chi connectivity index (χ0v) is 14.0. The quantitative estimate of drug-likeness (QED) is 0.525. The van der Waals surface area contributed by atoms with Gasteiger partial charge in [-0.2, -0.15) is 0 Å². The topological polar surface area (TPSA) is 79.5 Å². The summed E-state index contributed by atoms with van der Waals surface area (Å²) in [5, 5.41) is 6.64. The van der Waals surface area contributed by atoms with Crippen molar-refractivity contribution in [1.82, 2.24) is 5.32 Å². The van der Waals surface area contributed by atoms with Crippen LogP contribution in [0.5, 0.6) is 5.75 Å². The summed E-state index contributed by atoms with van der Waals surface area (Å²) in [6.07, 6.45) is 3.23. The highest BCUT2D eigenvalue weighted by molar-refractivity contribution is 7.92. The SMILES string of the molecule is CCCCNC(=S)Nc1ccc(NS(C)(=O)=O)c(OC)c1. The van der Waals surface area contributed by atoms with Gasteiger partial charge in [0.25, 0.3) is 0 Å². The van der Waals surface area contributed by atoms with E-state index in [-0.39, 0.29) is 0 Å². The van der Waals surface area contributed by atoms with Crippen molar-refractivity contribution >= 4 is 38.7 Å². The molecule has 0 fully saturated rings. The maximum Gasteiger partial charge on any atom is 0.229 e. The second-order valence-electron chi connectivity index (χ2n) is 4.52. The predicted octanol–water partition coefficient (Wildman–Crippen LogP) is 2.15. The molecule has 1 rings (SSSR count). The van der Waals surface area contributed by atoms with Crippen molar-refractivity contribution < 1.29 is 13.2 Å². The molecule has 0 atom stereocenters. The zero-order valence-electron chi connectivity index (χ0n) is 12.4. The Labute approximate surface area is 131 Å². The van der Waals surface area contributed by atoms with Crippen LogP contribution in [0.15, 0.2) is 18.2 Å². The number of hydrogen-bond acceptors (Lipinski definition) is 4. The summed E-state index contributed by atoms with van der Waals surface area (Å²) in [4.78, 5) is 0. The average Bonchev–Trinajstić information content (AvgIpc) is 2.39. The van der Waals surface area contributed by atoms with E-state index in [0.717, 1.165) is 31.3 Å². The minimum absolute atomic E-state index is 0.385. The van der Waals surface area contributed by atoms with Crippen molar-refractivity contribution in [1.29, 1.82) is 0 Å². The van der Waals surface area contributed by atoms with E-state index in [2.05, 4.69) is 22.3 Å². The van der Waals surface area contributed by atoms with Crippen molar-refractivity contribution in [3.05, 3.63) is 18.2 Å². The Hall–Kier alpha value is -1.54. The van der Waals surface area contributed by atoms with E-state index in [4.69, 9.17) is 17.0 Å². The van der Waals surface area contributed by atoms with Gasteiger partial charge in [-0.25, -0.2) is 8.42 Å². The number of anilines is 2. The van der Waals surface area contributed by atoms with Crippen LogP contribution in [0.3, 0.4) is 0 Å². The molecule has 1 aromatic carbocycles. The van der Waals surface area contributed by atoms with Crippen molar-refractivity contribution in [3.63, 3.8) is 0 Å². The lowest BCUT2D eigenvalue weighted by molar-refractivity contribution is 0.417. The summed E-state index contributed by atoms with van der Waals surface area (Å²) >= 11 is 5.17. The van der Waals surface area contributed by atoms with Crippen LogP contribution in [0.4, 0.5) is 11.4 Å². The molecule has 0 radical (unpaired) electrons. The van der Waals surface area contributed by atoms with Gasteiger partial charge in [-0.1, -0.05) is 13.3 Å². The maximum atomic E-state index is 11.3. The molecule has 0 unspecified atom stereocenters. The van der Waals surface area contributed by atoms with Gasteiger partial charge in [0.2, 0.25) is 10.0 Å². The molecule has 0 aliphatic rings. The molecular formula is C13H21N3O3S2. The molecule has 0 aliphatic heterocycles. The molecule has 0 saturated heterocycles. The maximum absolute atomic E-state index is 11.3. The van der Waals surface area contributed by atoms with E-state index in [1.54, 1.807) is 18.2 Å². The number of unbranched alkanes of at least 4 members (excludes halogenated alkanes) is 1. The Morgan fingerprint density at radius 3 is 2.67 bits per heavy atom. The third kappa shape index (κ3) is 6.63. The molecule has 0 aliphatic carbocycles. The van der Waals surface area contributed by atoms with E-state index in [1.165, 1.54) is 7.11 Å². The Balaban J connectivity index is 2.75. The van der Waals surface area contributed by atoms with Crippen molar-refractivity contribution in [2.45, 2.75) is 19.8 Å². The first-order valence-electron chi connectivity index (χ1n) is 6.56. The Morgan fingerprint density at radius 2 is 2.10 bits per heavy atom. The van der Waals surface area contributed by atoms with Gasteiger partial charge in [0.15, 0.2) is 5.11 Å². The first-order chi connectivity index (χ1) is 9.85. The van der Waals surface area contributed by atoms with Crippen molar-refractivity contribution in [2.75, 3.05) is 29.9 Å².